The van der Waals surface area contributed by atoms with E-state index in [-0.39, 0.29) is 62.1 Å². The van der Waals surface area contributed by atoms with Crippen molar-refractivity contribution in [1.82, 2.24) is 19.9 Å². The van der Waals surface area contributed by atoms with Gasteiger partial charge in [0.1, 0.15) is 0 Å². The lowest BCUT2D eigenvalue weighted by molar-refractivity contribution is -0.148. The number of aromatic nitrogens is 4. The third kappa shape index (κ3) is 16.6. The van der Waals surface area contributed by atoms with Crippen molar-refractivity contribution >= 4 is 134 Å². The average molecular weight is 1500 g/mol. The van der Waals surface area contributed by atoms with Crippen LogP contribution in [-0.2, 0) is 78.6 Å². The normalized spacial score (nSPS) is 11.5. The molecule has 9 N–H and O–H groups in total. The summed E-state index contributed by atoms with van der Waals surface area (Å²) >= 11 is 3.14. The molecule has 0 saturated heterocycles. The molecule has 0 unspecified atom stereocenters. The first-order valence-corrected chi connectivity index (χ1v) is 37.2. The van der Waals surface area contributed by atoms with Crippen molar-refractivity contribution in [2.45, 2.75) is 44.6 Å². The molecule has 0 aliphatic carbocycles. The highest BCUT2D eigenvalue weighted by molar-refractivity contribution is 7.98. The van der Waals surface area contributed by atoms with Gasteiger partial charge in [-0.15, -0.1) is 23.5 Å². The van der Waals surface area contributed by atoms with Gasteiger partial charge in [0.2, 0.25) is 5.78 Å². The number of anilines is 3. The van der Waals surface area contributed by atoms with Crippen LogP contribution in [0.1, 0.15) is 64.4 Å². The van der Waals surface area contributed by atoms with Crippen LogP contribution < -0.4 is 16.0 Å². The summed E-state index contributed by atoms with van der Waals surface area (Å²) in [6.45, 7) is 4.06. The molecule has 550 valence electrons. The number of benzene rings is 8. The minimum Gasteiger partial charge on any atom is -0.475 e. The first kappa shape index (κ1) is 75.2. The second kappa shape index (κ2) is 33.4. The van der Waals surface area contributed by atoms with Crippen molar-refractivity contribution < 1.29 is 68.3 Å². The number of ketones is 1. The van der Waals surface area contributed by atoms with Crippen LogP contribution in [0, 0.1) is 0 Å². The molecule has 21 nitrogen and oxygen atoms in total. The summed E-state index contributed by atoms with van der Waals surface area (Å²) < 4.78 is 10.7. The Morgan fingerprint density at radius 3 is 0.982 bits per heavy atom. The van der Waals surface area contributed by atoms with E-state index in [2.05, 4.69) is 25.9 Å². The van der Waals surface area contributed by atoms with Gasteiger partial charge in [-0.3, -0.25) is 19.2 Å². The number of ether oxygens (including phenoxy) is 2. The zero-order chi connectivity index (χ0) is 77.3. The van der Waals surface area contributed by atoms with Crippen LogP contribution in [0.3, 0.4) is 0 Å². The van der Waals surface area contributed by atoms with Crippen LogP contribution >= 0.6 is 23.5 Å². The van der Waals surface area contributed by atoms with Crippen LogP contribution in [0.25, 0.3) is 135 Å². The van der Waals surface area contributed by atoms with Crippen LogP contribution in [-0.4, -0.2) is 114 Å². The summed E-state index contributed by atoms with van der Waals surface area (Å²) in [7, 11) is 3.24. The zero-order valence-corrected chi connectivity index (χ0v) is 61.4. The molecule has 2 aliphatic rings. The molecule has 0 saturated carbocycles. The third-order valence-electron chi connectivity index (χ3n) is 18.7. The number of aryl methyl sites for hydroxylation is 2. The molecular weight excluding hydrogens is 1430 g/mol. The van der Waals surface area contributed by atoms with E-state index in [0.29, 0.717) is 108 Å². The van der Waals surface area contributed by atoms with Gasteiger partial charge < -0.3 is 55.8 Å². The fourth-order valence-corrected chi connectivity index (χ4v) is 14.8. The molecule has 13 rings (SSSR count). The second-order valence-corrected chi connectivity index (χ2v) is 27.7. The van der Waals surface area contributed by atoms with Crippen molar-refractivity contribution in [3.8, 4) is 89.0 Å². The Hall–Kier alpha value is -13.1. The number of fused-ring (bicyclic) bond motifs is 8. The lowest BCUT2D eigenvalue weighted by Gasteiger charge is -2.16. The van der Waals surface area contributed by atoms with Crippen LogP contribution in [0.2, 0.25) is 0 Å². The number of hydrogen-bond acceptors (Lipinski definition) is 14. The number of nitrogens with zero attached hydrogens (tertiary/aromatic N) is 2. The Labute approximate surface area is 639 Å². The molecule has 0 atom stereocenters. The molecule has 11 aromatic rings. The maximum atomic E-state index is 13.8. The molecule has 110 heavy (non-hydrogen) atoms. The van der Waals surface area contributed by atoms with Gasteiger partial charge in [-0.1, -0.05) is 141 Å². The van der Waals surface area contributed by atoms with Crippen LogP contribution in [0.4, 0.5) is 17.1 Å². The van der Waals surface area contributed by atoms with E-state index in [4.69, 9.17) is 19.4 Å². The Bertz CT molecular complexity index is 5490. The number of methoxy groups -OCH3 is 2. The standard InChI is InChI=1S/C87H71N7O14S2/c1-5-48-11-7-15-52(35-48)56-19-20-60(43-76(95)84(99)100)61(39-56)77-68-27-29-70(88-68)78(62-40-57(53-16-8-12-49(6-2)36-53)21-24-65(62)92-81(96)85(101)102)72-31-33-74(90-72)80(64-42-59(23-26-67(64)94-83(98)87(105)106)55-18-10-14-51(38-55)45-110-47-108-4)75-34-32-73(91-75)79(71-30-28-69(77)89-71)63-41-58(22-25-66(63)93-82(97)86(103)104)54-17-9-13-50(37-54)44-109-46-107-3/h7-42,89-90H,5-6,43-47H2,1-4H3,(H,92,96)(H,93,97)(H,94,98)(H,99,100)(H,101,102)(H,103,104)(H,105,106). The van der Waals surface area contributed by atoms with Gasteiger partial charge >= 0.3 is 41.6 Å². The molecule has 3 amide bonds. The highest BCUT2D eigenvalue weighted by atomic mass is 32.2. The van der Waals surface area contributed by atoms with Crippen molar-refractivity contribution in [2.24, 2.45) is 0 Å². The van der Waals surface area contributed by atoms with Gasteiger partial charge in [0.25, 0.3) is 0 Å². The number of carbonyl (C=O) groups excluding carboxylic acids is 4. The highest BCUT2D eigenvalue weighted by Crippen LogP contribution is 2.46. The summed E-state index contributed by atoms with van der Waals surface area (Å²) in [5, 5.41) is 49.1. The Kier molecular flexibility index (Phi) is 22.8. The van der Waals surface area contributed by atoms with E-state index < -0.39 is 53.8 Å². The quantitative estimate of drug-likeness (QED) is 0.0154. The van der Waals surface area contributed by atoms with E-state index >= 15 is 0 Å². The van der Waals surface area contributed by atoms with Crippen molar-refractivity contribution in [3.05, 3.63) is 245 Å². The van der Waals surface area contributed by atoms with Crippen molar-refractivity contribution in [1.29, 1.82) is 0 Å². The summed E-state index contributed by atoms with van der Waals surface area (Å²) in [4.78, 5) is 124. The number of Topliss-reactive ketones (excluding diaryl/α,β-unsaturated/α-hetero) is 1. The van der Waals surface area contributed by atoms with Gasteiger partial charge in [-0.2, -0.15) is 0 Å². The number of rotatable bonds is 24. The van der Waals surface area contributed by atoms with Gasteiger partial charge in [0, 0.05) is 110 Å². The number of hydrogen-bond donors (Lipinski definition) is 9. The van der Waals surface area contributed by atoms with Crippen molar-refractivity contribution in [3.63, 3.8) is 0 Å². The fourth-order valence-electron chi connectivity index (χ4n) is 13.5. The summed E-state index contributed by atoms with van der Waals surface area (Å²) in [5.74, 6) is -10.1. The number of nitrogens with one attached hydrogen (secondary N) is 5. The number of thioether (sulfide) groups is 2. The number of carbonyl (C=O) groups is 8. The highest BCUT2D eigenvalue weighted by Gasteiger charge is 2.28. The van der Waals surface area contributed by atoms with Gasteiger partial charge in [-0.25, -0.2) is 29.1 Å². The van der Waals surface area contributed by atoms with Crippen LogP contribution in [0.15, 0.2) is 194 Å². The topological polar surface area (TPSA) is 329 Å². The lowest BCUT2D eigenvalue weighted by Crippen LogP contribution is -2.22. The first-order valence-electron chi connectivity index (χ1n) is 34.9. The molecule has 8 bridgehead atoms. The molecule has 0 spiro atoms. The minimum atomic E-state index is -1.77. The molecule has 3 aromatic heterocycles. The third-order valence-corrected chi connectivity index (χ3v) is 20.6. The lowest BCUT2D eigenvalue weighted by atomic mass is 9.91. The second-order valence-electron chi connectivity index (χ2n) is 25.9. The van der Waals surface area contributed by atoms with Gasteiger partial charge in [0.05, 0.1) is 34.7 Å². The SMILES string of the molecule is CCc1cccc(-c2ccc(CC(=O)C(=O)O)c(-c3c4nc(c(-c5cc(-c6cccc(CC)c6)ccc5NC(=O)C(=O)O)c5ccc([nH]5)c(-c5cc(-c6cccc(CSCOC)c6)ccc5NC(=O)C(=O)O)c5nc(c(-c6cc(-c7cccc(CSCOC)c7)ccc6NC(=O)C(=O)O)c6ccc3[nH]6)C=C5)C=C4)c2)c1. The molecule has 5 heterocycles. The molecule has 8 aromatic carbocycles. The van der Waals surface area contributed by atoms with E-state index in [9.17, 15) is 58.8 Å². The maximum Gasteiger partial charge on any atom is 0.394 e. The maximum absolute atomic E-state index is 13.8. The molecule has 23 heteroatoms. The molecule has 0 radical (unpaired) electrons. The summed E-state index contributed by atoms with van der Waals surface area (Å²) in [6, 6.07) is 59.4. The fraction of sp³-hybridized carbons (Fsp3) is 0.126. The Morgan fingerprint density at radius 1 is 0.364 bits per heavy atom. The summed E-state index contributed by atoms with van der Waals surface area (Å²) in [6.07, 6.45) is 7.77. The molecule has 2 aliphatic heterocycles. The van der Waals surface area contributed by atoms with Crippen LogP contribution in [0.5, 0.6) is 0 Å². The number of aliphatic carboxylic acids is 4. The Morgan fingerprint density at radius 2 is 0.664 bits per heavy atom. The number of amides is 3. The van der Waals surface area contributed by atoms with E-state index in [1.54, 1.807) is 129 Å². The predicted octanol–water partition coefficient (Wildman–Crippen LogP) is 17.1. The first-order chi connectivity index (χ1) is 53.3. The number of aromatic amines is 2. The number of H-pyrrole nitrogens is 2. The number of carboxylic acid groups (broad SMARTS) is 4. The van der Waals surface area contributed by atoms with Crippen molar-refractivity contribution in [2.75, 3.05) is 42.0 Å². The van der Waals surface area contributed by atoms with E-state index in [1.807, 2.05) is 141 Å². The van der Waals surface area contributed by atoms with Gasteiger partial charge in [-0.05, 0) is 182 Å². The zero-order valence-electron chi connectivity index (χ0n) is 59.8. The largest absolute Gasteiger partial charge is 0.475 e. The minimum absolute atomic E-state index is 0.0485. The monoisotopic (exact) mass is 1500 g/mol. The summed E-state index contributed by atoms with van der Waals surface area (Å²) in [5.41, 5.74) is 14.9. The van der Waals surface area contributed by atoms with Gasteiger partial charge in [0.15, 0.2) is 0 Å². The predicted molar refractivity (Wildman–Crippen MR) is 433 cm³/mol. The molecule has 0 fully saturated rings. The smallest absolute Gasteiger partial charge is 0.394 e. The number of carboxylic acids is 4. The Balaban J connectivity index is 1.23. The van der Waals surface area contributed by atoms with E-state index in [0.717, 1.165) is 44.5 Å². The molecular formula is C87H71N7O14S2. The average Bonchev–Trinajstić information content (AvgIpc) is 1.58. The van der Waals surface area contributed by atoms with E-state index in [1.165, 1.54) is 0 Å².